The Morgan fingerprint density at radius 2 is 1.94 bits per heavy atom. The lowest BCUT2D eigenvalue weighted by Crippen LogP contribution is -2.54. The highest BCUT2D eigenvalue weighted by Crippen LogP contribution is 2.36. The van der Waals surface area contributed by atoms with Crippen molar-refractivity contribution in [2.45, 2.75) is 39.3 Å². The molecule has 1 amide bonds. The van der Waals surface area contributed by atoms with Gasteiger partial charge in [-0.25, -0.2) is 4.79 Å². The molecule has 4 rings (SSSR count). The smallest absolute Gasteiger partial charge is 0.410 e. The molecule has 164 valence electrons. The Kier molecular flexibility index (Phi) is 5.71. The van der Waals surface area contributed by atoms with Gasteiger partial charge in [0.1, 0.15) is 16.9 Å². The molecule has 2 aromatic carbocycles. The van der Waals surface area contributed by atoms with Gasteiger partial charge in [0.25, 0.3) is 6.01 Å². The number of rotatable bonds is 3. The van der Waals surface area contributed by atoms with Crippen molar-refractivity contribution in [1.29, 1.82) is 0 Å². The number of anilines is 1. The Hall–Kier alpha value is -2.93. The molecule has 1 fully saturated rings. The minimum Gasteiger partial charge on any atom is -0.453 e. The van der Waals surface area contributed by atoms with Crippen LogP contribution in [0, 0.1) is 0 Å². The molecular weight excluding hydrogens is 418 g/mol. The molecule has 1 aliphatic rings. The van der Waals surface area contributed by atoms with Gasteiger partial charge in [0.15, 0.2) is 11.3 Å². The van der Waals surface area contributed by atoms with Gasteiger partial charge in [0.05, 0.1) is 0 Å². The summed E-state index contributed by atoms with van der Waals surface area (Å²) in [5.74, 6) is 1.19. The number of carbonyl (C=O) groups excluding carboxylic acids is 1. The third kappa shape index (κ3) is 4.88. The minimum absolute atomic E-state index is 0.00305. The zero-order chi connectivity index (χ0) is 22.2. The zero-order valence-corrected chi connectivity index (χ0v) is 18.8. The summed E-state index contributed by atoms with van der Waals surface area (Å²) in [6.45, 7) is 9.23. The molecule has 0 aliphatic carbocycles. The molecule has 1 saturated heterocycles. The van der Waals surface area contributed by atoms with Crippen LogP contribution in [0.3, 0.4) is 0 Å². The van der Waals surface area contributed by atoms with E-state index in [0.29, 0.717) is 53.3 Å². The number of oxazole rings is 1. The molecule has 0 bridgehead atoms. The van der Waals surface area contributed by atoms with Gasteiger partial charge in [-0.05, 0) is 45.9 Å². The summed E-state index contributed by atoms with van der Waals surface area (Å²) in [6.07, 6.45) is -0.304. The number of piperazine rings is 1. The Morgan fingerprint density at radius 1 is 1.19 bits per heavy atom. The van der Waals surface area contributed by atoms with Crippen molar-refractivity contribution in [3.05, 3.63) is 47.5 Å². The van der Waals surface area contributed by atoms with Crippen LogP contribution in [0.4, 0.5) is 10.8 Å². The first-order chi connectivity index (χ1) is 14.7. The summed E-state index contributed by atoms with van der Waals surface area (Å²) in [7, 11) is 0. The SMILES string of the molecule is CC1CN(C(=O)OC(C)(C)C)CCN1c1nc2cc(Cl)cc(Oc3ccccc3)c2o1. The second-order valence-electron chi connectivity index (χ2n) is 8.63. The summed E-state index contributed by atoms with van der Waals surface area (Å²) in [5, 5.41) is 0.515. The Labute approximate surface area is 186 Å². The molecule has 0 saturated carbocycles. The first kappa shape index (κ1) is 21.3. The number of aromatic nitrogens is 1. The molecule has 7 nitrogen and oxygen atoms in total. The van der Waals surface area contributed by atoms with Crippen LogP contribution < -0.4 is 9.64 Å². The van der Waals surface area contributed by atoms with E-state index in [9.17, 15) is 4.79 Å². The number of halogens is 1. The van der Waals surface area contributed by atoms with Gasteiger partial charge in [0, 0.05) is 36.8 Å². The van der Waals surface area contributed by atoms with Gasteiger partial charge < -0.3 is 23.7 Å². The molecule has 3 aromatic rings. The number of ether oxygens (including phenoxy) is 2. The van der Waals surface area contributed by atoms with Gasteiger partial charge in [-0.3, -0.25) is 0 Å². The second kappa shape index (κ2) is 8.30. The van der Waals surface area contributed by atoms with Crippen molar-refractivity contribution in [3.63, 3.8) is 0 Å². The van der Waals surface area contributed by atoms with E-state index in [4.69, 9.17) is 25.5 Å². The minimum atomic E-state index is -0.522. The molecule has 1 unspecified atom stereocenters. The van der Waals surface area contributed by atoms with Crippen molar-refractivity contribution >= 4 is 34.8 Å². The van der Waals surface area contributed by atoms with Crippen molar-refractivity contribution < 1.29 is 18.7 Å². The van der Waals surface area contributed by atoms with Gasteiger partial charge in [-0.15, -0.1) is 0 Å². The maximum atomic E-state index is 12.4. The van der Waals surface area contributed by atoms with Crippen LogP contribution in [0.25, 0.3) is 11.1 Å². The van der Waals surface area contributed by atoms with E-state index in [1.807, 2.05) is 62.9 Å². The van der Waals surface area contributed by atoms with E-state index in [0.717, 1.165) is 0 Å². The fourth-order valence-corrected chi connectivity index (χ4v) is 3.71. The third-order valence-electron chi connectivity index (χ3n) is 4.91. The molecule has 1 aliphatic heterocycles. The maximum absolute atomic E-state index is 12.4. The van der Waals surface area contributed by atoms with E-state index in [1.165, 1.54) is 0 Å². The topological polar surface area (TPSA) is 68.0 Å². The molecule has 0 N–H and O–H groups in total. The number of hydrogen-bond donors (Lipinski definition) is 0. The Balaban J connectivity index is 1.55. The van der Waals surface area contributed by atoms with Crippen LogP contribution in [0.15, 0.2) is 46.9 Å². The number of amides is 1. The van der Waals surface area contributed by atoms with E-state index >= 15 is 0 Å². The largest absolute Gasteiger partial charge is 0.453 e. The normalized spacial score (nSPS) is 17.1. The van der Waals surface area contributed by atoms with E-state index in [1.54, 1.807) is 17.0 Å². The molecule has 1 atom stereocenters. The molecule has 0 radical (unpaired) electrons. The predicted octanol–water partition coefficient (Wildman–Crippen LogP) is 5.72. The fourth-order valence-electron chi connectivity index (χ4n) is 3.51. The number of fused-ring (bicyclic) bond motifs is 1. The van der Waals surface area contributed by atoms with Crippen LogP contribution >= 0.6 is 11.6 Å². The average molecular weight is 444 g/mol. The molecular formula is C23H26ClN3O4. The summed E-state index contributed by atoms with van der Waals surface area (Å²) >= 11 is 6.29. The van der Waals surface area contributed by atoms with Gasteiger partial charge >= 0.3 is 6.09 Å². The van der Waals surface area contributed by atoms with Crippen molar-refractivity contribution in [2.75, 3.05) is 24.5 Å². The highest BCUT2D eigenvalue weighted by molar-refractivity contribution is 6.31. The van der Waals surface area contributed by atoms with Crippen LogP contribution in [0.2, 0.25) is 5.02 Å². The number of benzene rings is 2. The van der Waals surface area contributed by atoms with Crippen molar-refractivity contribution in [1.82, 2.24) is 9.88 Å². The maximum Gasteiger partial charge on any atom is 0.410 e. The highest BCUT2D eigenvalue weighted by Gasteiger charge is 2.32. The van der Waals surface area contributed by atoms with E-state index in [-0.39, 0.29) is 12.1 Å². The fraction of sp³-hybridized carbons (Fsp3) is 0.391. The zero-order valence-electron chi connectivity index (χ0n) is 18.1. The monoisotopic (exact) mass is 443 g/mol. The Bertz CT molecular complexity index is 1080. The molecule has 0 spiro atoms. The third-order valence-corrected chi connectivity index (χ3v) is 5.12. The number of hydrogen-bond acceptors (Lipinski definition) is 6. The first-order valence-corrected chi connectivity index (χ1v) is 10.6. The molecule has 31 heavy (non-hydrogen) atoms. The predicted molar refractivity (Wildman–Crippen MR) is 120 cm³/mol. The van der Waals surface area contributed by atoms with E-state index in [2.05, 4.69) is 4.98 Å². The van der Waals surface area contributed by atoms with Crippen molar-refractivity contribution in [2.24, 2.45) is 0 Å². The van der Waals surface area contributed by atoms with Crippen LogP contribution in [0.5, 0.6) is 11.5 Å². The second-order valence-corrected chi connectivity index (χ2v) is 9.07. The first-order valence-electron chi connectivity index (χ1n) is 10.3. The summed E-state index contributed by atoms with van der Waals surface area (Å²) in [4.78, 5) is 20.8. The van der Waals surface area contributed by atoms with E-state index < -0.39 is 5.60 Å². The van der Waals surface area contributed by atoms with Crippen LogP contribution in [-0.4, -0.2) is 47.3 Å². The lowest BCUT2D eigenvalue weighted by Gasteiger charge is -2.39. The van der Waals surface area contributed by atoms with Crippen molar-refractivity contribution in [3.8, 4) is 11.5 Å². The summed E-state index contributed by atoms with van der Waals surface area (Å²) in [6, 6.07) is 13.4. The lowest BCUT2D eigenvalue weighted by atomic mass is 10.2. The lowest BCUT2D eigenvalue weighted by molar-refractivity contribution is 0.0216. The van der Waals surface area contributed by atoms with Crippen LogP contribution in [-0.2, 0) is 4.74 Å². The highest BCUT2D eigenvalue weighted by atomic mass is 35.5. The molecule has 8 heteroatoms. The number of carbonyl (C=O) groups is 1. The molecule has 2 heterocycles. The number of nitrogens with zero attached hydrogens (tertiary/aromatic N) is 3. The van der Waals surface area contributed by atoms with Gasteiger partial charge in [0.2, 0.25) is 0 Å². The average Bonchev–Trinajstić information content (AvgIpc) is 3.11. The van der Waals surface area contributed by atoms with Gasteiger partial charge in [-0.1, -0.05) is 29.8 Å². The standard InChI is InChI=1S/C23H26ClN3O4/c1-15-14-26(22(28)31-23(2,3)4)10-11-27(15)21-25-18-12-16(24)13-19(20(18)30-21)29-17-8-6-5-7-9-17/h5-9,12-13,15H,10-11,14H2,1-4H3. The summed E-state index contributed by atoms with van der Waals surface area (Å²) in [5.41, 5.74) is 0.631. The quantitative estimate of drug-likeness (QED) is 0.515. The Morgan fingerprint density at radius 3 is 2.61 bits per heavy atom. The van der Waals surface area contributed by atoms with Gasteiger partial charge in [-0.2, -0.15) is 4.98 Å². The summed E-state index contributed by atoms with van der Waals surface area (Å²) < 4.78 is 17.6. The number of para-hydroxylation sites is 1. The van der Waals surface area contributed by atoms with Crippen LogP contribution in [0.1, 0.15) is 27.7 Å². The molecule has 1 aromatic heterocycles.